The van der Waals surface area contributed by atoms with Crippen LogP contribution >= 0.6 is 0 Å². The van der Waals surface area contributed by atoms with Gasteiger partial charge in [0.2, 0.25) is 5.78 Å². The topological polar surface area (TPSA) is 17.1 Å². The molecule has 0 radical (unpaired) electrons. The minimum Gasteiger partial charge on any atom is -0.285 e. The smallest absolute Gasteiger partial charge is 0.202 e. The molecular weight excluding hydrogens is 148 g/mol. The molecule has 0 aromatic heterocycles. The van der Waals surface area contributed by atoms with Gasteiger partial charge in [0.1, 0.15) is 0 Å². The van der Waals surface area contributed by atoms with Crippen molar-refractivity contribution in [2.75, 3.05) is 0 Å². The maximum Gasteiger partial charge on any atom is 0.202 e. The normalized spacial score (nSPS) is 8.83. The van der Waals surface area contributed by atoms with Crippen LogP contribution in [0.3, 0.4) is 0 Å². The molecule has 1 nitrogen and oxygen atoms in total. The van der Waals surface area contributed by atoms with Crippen LogP contribution in [-0.2, 0) is 4.79 Å². The fourth-order valence-electron chi connectivity index (χ4n) is 1.00. The Morgan fingerprint density at radius 1 is 1.17 bits per heavy atom. The summed E-state index contributed by atoms with van der Waals surface area (Å²) in [5.74, 6) is 5.39. The summed E-state index contributed by atoms with van der Waals surface area (Å²) in [6.45, 7) is 3.71. The standard InChI is InChI=1S/C11H18O/c1-3-4-5-6-7-8-9-10-11(2)12/h3-8H2,1-2H3. The number of ketones is 1. The first-order chi connectivity index (χ1) is 5.77. The molecular formula is C11H18O. The molecule has 0 aromatic carbocycles. The molecule has 0 rings (SSSR count). The Morgan fingerprint density at radius 2 is 1.83 bits per heavy atom. The maximum atomic E-state index is 10.4. The summed E-state index contributed by atoms with van der Waals surface area (Å²) < 4.78 is 0. The van der Waals surface area contributed by atoms with E-state index in [1.807, 2.05) is 0 Å². The quantitative estimate of drug-likeness (QED) is 0.348. The number of Topliss-reactive ketones (excluding diaryl/α,β-unsaturated/α-hetero) is 1. The van der Waals surface area contributed by atoms with E-state index in [2.05, 4.69) is 18.8 Å². The van der Waals surface area contributed by atoms with Crippen molar-refractivity contribution in [3.63, 3.8) is 0 Å². The van der Waals surface area contributed by atoms with Crippen molar-refractivity contribution in [3.8, 4) is 11.8 Å². The molecule has 0 aromatic rings. The van der Waals surface area contributed by atoms with Crippen LogP contribution in [0.1, 0.15) is 52.4 Å². The van der Waals surface area contributed by atoms with Crippen LogP contribution in [0.25, 0.3) is 0 Å². The molecule has 0 aliphatic carbocycles. The van der Waals surface area contributed by atoms with Gasteiger partial charge in [-0.3, -0.25) is 4.79 Å². The highest BCUT2D eigenvalue weighted by molar-refractivity contribution is 5.93. The van der Waals surface area contributed by atoms with Crippen LogP contribution < -0.4 is 0 Å². The predicted molar refractivity (Wildman–Crippen MR) is 51.8 cm³/mol. The third kappa shape index (κ3) is 9.23. The molecule has 0 spiro atoms. The van der Waals surface area contributed by atoms with Gasteiger partial charge in [0.05, 0.1) is 0 Å². The van der Waals surface area contributed by atoms with Gasteiger partial charge in [0.25, 0.3) is 0 Å². The lowest BCUT2D eigenvalue weighted by Gasteiger charge is -1.94. The van der Waals surface area contributed by atoms with E-state index in [-0.39, 0.29) is 5.78 Å². The monoisotopic (exact) mass is 166 g/mol. The van der Waals surface area contributed by atoms with Crippen molar-refractivity contribution < 1.29 is 4.79 Å². The summed E-state index contributed by atoms with van der Waals surface area (Å²) in [7, 11) is 0. The van der Waals surface area contributed by atoms with E-state index >= 15 is 0 Å². The van der Waals surface area contributed by atoms with Gasteiger partial charge in [-0.05, 0) is 12.3 Å². The van der Waals surface area contributed by atoms with Crippen molar-refractivity contribution in [2.24, 2.45) is 0 Å². The van der Waals surface area contributed by atoms with Gasteiger partial charge >= 0.3 is 0 Å². The summed E-state index contributed by atoms with van der Waals surface area (Å²) in [5, 5.41) is 0. The van der Waals surface area contributed by atoms with E-state index in [0.717, 1.165) is 12.8 Å². The molecule has 1 heteroatoms. The average molecular weight is 166 g/mol. The van der Waals surface area contributed by atoms with Crippen LogP contribution in [0.15, 0.2) is 0 Å². The van der Waals surface area contributed by atoms with Gasteiger partial charge in [0, 0.05) is 13.3 Å². The average Bonchev–Trinajstić information content (AvgIpc) is 2.02. The predicted octanol–water partition coefficient (Wildman–Crippen LogP) is 2.94. The van der Waals surface area contributed by atoms with Gasteiger partial charge < -0.3 is 0 Å². The Labute approximate surface area is 75.5 Å². The third-order valence-electron chi connectivity index (χ3n) is 1.67. The lowest BCUT2D eigenvalue weighted by molar-refractivity contribution is -0.111. The minimum absolute atomic E-state index is 0.0245. The second-order valence-corrected chi connectivity index (χ2v) is 3.02. The fraction of sp³-hybridized carbons (Fsp3) is 0.727. The van der Waals surface area contributed by atoms with Crippen LogP contribution in [-0.4, -0.2) is 5.78 Å². The van der Waals surface area contributed by atoms with Crippen molar-refractivity contribution in [3.05, 3.63) is 0 Å². The molecule has 12 heavy (non-hydrogen) atoms. The first-order valence-corrected chi connectivity index (χ1v) is 4.76. The Kier molecular flexibility index (Phi) is 7.79. The van der Waals surface area contributed by atoms with E-state index in [1.165, 1.54) is 32.6 Å². The first-order valence-electron chi connectivity index (χ1n) is 4.76. The Balaban J connectivity index is 3.12. The Hall–Kier alpha value is -0.770. The highest BCUT2D eigenvalue weighted by Crippen LogP contribution is 2.03. The number of hydrogen-bond acceptors (Lipinski definition) is 1. The molecule has 0 fully saturated rings. The number of carbonyl (C=O) groups is 1. The van der Waals surface area contributed by atoms with Gasteiger partial charge in [0.15, 0.2) is 0 Å². The Bertz CT molecular complexity index is 171. The molecule has 0 unspecified atom stereocenters. The molecule has 0 bridgehead atoms. The van der Waals surface area contributed by atoms with Crippen LogP contribution in [0.5, 0.6) is 0 Å². The van der Waals surface area contributed by atoms with Crippen molar-refractivity contribution in [2.45, 2.75) is 52.4 Å². The zero-order chi connectivity index (χ0) is 9.23. The van der Waals surface area contributed by atoms with Gasteiger partial charge in [-0.25, -0.2) is 0 Å². The lowest BCUT2D eigenvalue weighted by Crippen LogP contribution is -1.81. The van der Waals surface area contributed by atoms with Gasteiger partial charge in [-0.1, -0.05) is 38.5 Å². The molecule has 0 aliphatic heterocycles. The zero-order valence-electron chi connectivity index (χ0n) is 8.15. The summed E-state index contributed by atoms with van der Waals surface area (Å²) in [4.78, 5) is 10.4. The van der Waals surface area contributed by atoms with E-state index < -0.39 is 0 Å². The first kappa shape index (κ1) is 11.2. The van der Waals surface area contributed by atoms with E-state index in [4.69, 9.17) is 0 Å². The van der Waals surface area contributed by atoms with E-state index in [9.17, 15) is 4.79 Å². The number of rotatable bonds is 5. The Morgan fingerprint density at radius 3 is 2.42 bits per heavy atom. The maximum absolute atomic E-state index is 10.4. The molecule has 68 valence electrons. The lowest BCUT2D eigenvalue weighted by atomic mass is 10.1. The number of hydrogen-bond donors (Lipinski definition) is 0. The van der Waals surface area contributed by atoms with Crippen LogP contribution in [0.4, 0.5) is 0 Å². The van der Waals surface area contributed by atoms with Crippen molar-refractivity contribution in [1.82, 2.24) is 0 Å². The minimum atomic E-state index is -0.0245. The molecule has 0 saturated heterocycles. The second-order valence-electron chi connectivity index (χ2n) is 3.02. The fourth-order valence-corrected chi connectivity index (χ4v) is 1.00. The molecule has 0 heterocycles. The molecule has 0 aliphatic rings. The SMILES string of the molecule is CCCCCCCC#CC(C)=O. The highest BCUT2D eigenvalue weighted by atomic mass is 16.1. The number of unbranched alkanes of at least 4 members (excludes halogenated alkanes) is 5. The van der Waals surface area contributed by atoms with Crippen LogP contribution in [0.2, 0.25) is 0 Å². The summed E-state index contributed by atoms with van der Waals surface area (Å²) in [5.41, 5.74) is 0. The second kappa shape index (κ2) is 8.33. The van der Waals surface area contributed by atoms with Crippen molar-refractivity contribution >= 4 is 5.78 Å². The third-order valence-corrected chi connectivity index (χ3v) is 1.67. The molecule has 0 atom stereocenters. The highest BCUT2D eigenvalue weighted by Gasteiger charge is 1.86. The summed E-state index contributed by atoms with van der Waals surface area (Å²) in [6, 6.07) is 0. The van der Waals surface area contributed by atoms with Crippen LogP contribution in [0, 0.1) is 11.8 Å². The summed E-state index contributed by atoms with van der Waals surface area (Å²) in [6.07, 6.45) is 7.17. The zero-order valence-corrected chi connectivity index (χ0v) is 8.15. The van der Waals surface area contributed by atoms with E-state index in [1.54, 1.807) is 0 Å². The molecule has 0 amide bonds. The van der Waals surface area contributed by atoms with E-state index in [0.29, 0.717) is 0 Å². The number of carbonyl (C=O) groups excluding carboxylic acids is 1. The molecule has 0 N–H and O–H groups in total. The van der Waals surface area contributed by atoms with Gasteiger partial charge in [-0.15, -0.1) is 0 Å². The molecule has 0 saturated carbocycles. The summed E-state index contributed by atoms with van der Waals surface area (Å²) >= 11 is 0. The van der Waals surface area contributed by atoms with Gasteiger partial charge in [-0.2, -0.15) is 0 Å². The van der Waals surface area contributed by atoms with Crippen molar-refractivity contribution in [1.29, 1.82) is 0 Å². The largest absolute Gasteiger partial charge is 0.285 e.